The standard InChI is InChI=1S/C18H19N2O4/c1-4-6-7-8-17(21)23-13-16-11-20-14(3)10-15(16)12-24-18(22)19-9-5-2/h1-2,11H,6-9,12-13H2,3H3,(H,19,22). The number of nitrogens with zero attached hydrogens (tertiary/aromatic N) is 1. The smallest absolute Gasteiger partial charge is 0.408 e. The average molecular weight is 327 g/mol. The molecule has 0 aliphatic rings. The van der Waals surface area contributed by atoms with Crippen LogP contribution in [-0.2, 0) is 27.5 Å². The number of aromatic nitrogens is 1. The van der Waals surface area contributed by atoms with E-state index in [1.54, 1.807) is 13.1 Å². The first kappa shape index (κ1) is 19.1. The largest absolute Gasteiger partial charge is 0.461 e. The van der Waals surface area contributed by atoms with Gasteiger partial charge in [-0.05, 0) is 13.3 Å². The van der Waals surface area contributed by atoms with Gasteiger partial charge in [-0.2, -0.15) is 0 Å². The lowest BCUT2D eigenvalue weighted by Crippen LogP contribution is -2.24. The summed E-state index contributed by atoms with van der Waals surface area (Å²) < 4.78 is 10.2. The van der Waals surface area contributed by atoms with Crippen molar-refractivity contribution in [3.05, 3.63) is 29.1 Å². The molecule has 1 N–H and O–H groups in total. The molecule has 1 rings (SSSR count). The van der Waals surface area contributed by atoms with E-state index in [9.17, 15) is 9.59 Å². The number of esters is 1. The van der Waals surface area contributed by atoms with Gasteiger partial charge in [-0.15, -0.1) is 18.8 Å². The van der Waals surface area contributed by atoms with E-state index < -0.39 is 6.09 Å². The molecule has 6 nitrogen and oxygen atoms in total. The number of unbranched alkanes of at least 4 members (excludes halogenated alkanes) is 1. The summed E-state index contributed by atoms with van der Waals surface area (Å²) in [7, 11) is 0. The second-order valence-electron chi connectivity index (χ2n) is 4.82. The second-order valence-corrected chi connectivity index (χ2v) is 4.82. The van der Waals surface area contributed by atoms with Gasteiger partial charge < -0.3 is 14.8 Å². The van der Waals surface area contributed by atoms with Crippen molar-refractivity contribution in [2.75, 3.05) is 6.54 Å². The van der Waals surface area contributed by atoms with Gasteiger partial charge in [-0.1, -0.05) is 5.92 Å². The molecule has 0 saturated heterocycles. The Hall–Kier alpha value is -2.99. The summed E-state index contributed by atoms with van der Waals surface area (Å²) in [6.07, 6.45) is 12.5. The quantitative estimate of drug-likeness (QED) is 0.448. The molecule has 24 heavy (non-hydrogen) atoms. The molecule has 1 aromatic heterocycles. The highest BCUT2D eigenvalue weighted by molar-refractivity contribution is 5.69. The number of hydrogen-bond acceptors (Lipinski definition) is 5. The minimum atomic E-state index is -0.631. The molecule has 1 heterocycles. The molecule has 0 aromatic carbocycles. The number of nitrogens with one attached hydrogen (secondary N) is 1. The number of ether oxygens (including phenoxy) is 2. The van der Waals surface area contributed by atoms with Crippen LogP contribution in [0.4, 0.5) is 4.79 Å². The highest BCUT2D eigenvalue weighted by Gasteiger charge is 2.10. The van der Waals surface area contributed by atoms with Gasteiger partial charge >= 0.3 is 12.1 Å². The Bertz CT molecular complexity index is 656. The number of carbonyl (C=O) groups is 2. The molecule has 0 aliphatic heterocycles. The van der Waals surface area contributed by atoms with Gasteiger partial charge in [-0.25, -0.2) is 4.79 Å². The number of terminal acetylenes is 2. The monoisotopic (exact) mass is 327 g/mol. The summed E-state index contributed by atoms with van der Waals surface area (Å²) >= 11 is 0. The lowest BCUT2D eigenvalue weighted by molar-refractivity contribution is -0.145. The summed E-state index contributed by atoms with van der Waals surface area (Å²) in [5, 5.41) is 2.39. The number of pyridine rings is 1. The third-order valence-corrected chi connectivity index (χ3v) is 2.91. The van der Waals surface area contributed by atoms with E-state index in [0.29, 0.717) is 29.7 Å². The van der Waals surface area contributed by atoms with Gasteiger partial charge in [-0.3, -0.25) is 9.78 Å². The summed E-state index contributed by atoms with van der Waals surface area (Å²) in [4.78, 5) is 27.2. The van der Waals surface area contributed by atoms with Crippen LogP contribution >= 0.6 is 0 Å². The predicted octanol–water partition coefficient (Wildman–Crippen LogP) is 1.90. The topological polar surface area (TPSA) is 77.5 Å². The molecule has 125 valence electrons. The molecule has 0 spiro atoms. The lowest BCUT2D eigenvalue weighted by atomic mass is 10.1. The molecular formula is C18H19N2O4. The third-order valence-electron chi connectivity index (χ3n) is 2.91. The fourth-order valence-corrected chi connectivity index (χ4v) is 1.71. The molecule has 0 aliphatic carbocycles. The number of alkyl carbamates (subject to hydrolysis) is 1. The van der Waals surface area contributed by atoms with Crippen molar-refractivity contribution < 1.29 is 19.1 Å². The van der Waals surface area contributed by atoms with Gasteiger partial charge in [0.2, 0.25) is 0 Å². The van der Waals surface area contributed by atoms with Gasteiger partial charge in [0.1, 0.15) is 13.2 Å². The summed E-state index contributed by atoms with van der Waals surface area (Å²) in [6, 6.07) is 2.99. The van der Waals surface area contributed by atoms with E-state index >= 15 is 0 Å². The molecule has 1 radical (unpaired) electrons. The van der Waals surface area contributed by atoms with E-state index in [-0.39, 0.29) is 32.1 Å². The van der Waals surface area contributed by atoms with Gasteiger partial charge in [0.25, 0.3) is 0 Å². The normalized spacial score (nSPS) is 9.46. The fraction of sp³-hybridized carbons (Fsp3) is 0.389. The van der Waals surface area contributed by atoms with E-state index in [1.165, 1.54) is 0 Å². The van der Waals surface area contributed by atoms with Crippen molar-refractivity contribution in [1.82, 2.24) is 10.3 Å². The van der Waals surface area contributed by atoms with E-state index in [1.807, 2.05) is 0 Å². The third kappa shape index (κ3) is 7.33. The van der Waals surface area contributed by atoms with E-state index in [2.05, 4.69) is 28.2 Å². The molecule has 0 atom stereocenters. The summed E-state index contributed by atoms with van der Waals surface area (Å²) in [5.74, 6) is 4.39. The fourth-order valence-electron chi connectivity index (χ4n) is 1.71. The Morgan fingerprint density at radius 2 is 2.08 bits per heavy atom. The van der Waals surface area contributed by atoms with Crippen LogP contribution in [0, 0.1) is 37.7 Å². The molecule has 0 unspecified atom stereocenters. The Morgan fingerprint density at radius 1 is 1.29 bits per heavy atom. The maximum Gasteiger partial charge on any atom is 0.408 e. The van der Waals surface area contributed by atoms with Crippen LogP contribution in [0.25, 0.3) is 0 Å². The van der Waals surface area contributed by atoms with Crippen LogP contribution in [0.15, 0.2) is 6.20 Å². The number of aryl methyl sites for hydroxylation is 1. The predicted molar refractivity (Wildman–Crippen MR) is 87.3 cm³/mol. The van der Waals surface area contributed by atoms with Crippen molar-refractivity contribution in [1.29, 1.82) is 0 Å². The first-order chi connectivity index (χ1) is 11.6. The second kappa shape index (κ2) is 10.7. The minimum Gasteiger partial charge on any atom is -0.461 e. The van der Waals surface area contributed by atoms with Gasteiger partial charge in [0.15, 0.2) is 0 Å². The summed E-state index contributed by atoms with van der Waals surface area (Å²) in [6.45, 7) is 1.85. The van der Waals surface area contributed by atoms with Crippen LogP contribution in [0.5, 0.6) is 0 Å². The van der Waals surface area contributed by atoms with Crippen molar-refractivity contribution in [2.45, 2.75) is 39.4 Å². The molecular weight excluding hydrogens is 308 g/mol. The molecule has 1 amide bonds. The van der Waals surface area contributed by atoms with Gasteiger partial charge in [0, 0.05) is 41.9 Å². The number of rotatable bonds is 8. The molecule has 1 aromatic rings. The molecule has 6 heteroatoms. The highest BCUT2D eigenvalue weighted by atomic mass is 16.5. The Morgan fingerprint density at radius 3 is 2.79 bits per heavy atom. The maximum atomic E-state index is 11.6. The maximum absolute atomic E-state index is 11.6. The van der Waals surface area contributed by atoms with Crippen molar-refractivity contribution in [3.63, 3.8) is 0 Å². The van der Waals surface area contributed by atoms with Crippen LogP contribution in [-0.4, -0.2) is 23.6 Å². The van der Waals surface area contributed by atoms with Crippen LogP contribution in [0.3, 0.4) is 0 Å². The Kier molecular flexibility index (Phi) is 8.49. The Balaban J connectivity index is 2.58. The average Bonchev–Trinajstić information content (AvgIpc) is 2.57. The SMILES string of the molecule is C#CCCCC(=O)OCc1cnc(C)[c]c1COC(=O)NCC#C. The zero-order chi connectivity index (χ0) is 17.8. The van der Waals surface area contributed by atoms with E-state index in [4.69, 9.17) is 22.3 Å². The van der Waals surface area contributed by atoms with Gasteiger partial charge in [0.05, 0.1) is 6.54 Å². The van der Waals surface area contributed by atoms with Crippen molar-refractivity contribution in [3.8, 4) is 24.7 Å². The van der Waals surface area contributed by atoms with Crippen LogP contribution in [0.2, 0.25) is 0 Å². The van der Waals surface area contributed by atoms with Crippen molar-refractivity contribution in [2.24, 2.45) is 0 Å². The number of hydrogen-bond donors (Lipinski definition) is 1. The lowest BCUT2D eigenvalue weighted by Gasteiger charge is -2.11. The number of carbonyl (C=O) groups excluding carboxylic acids is 2. The highest BCUT2D eigenvalue weighted by Crippen LogP contribution is 2.12. The molecule has 0 bridgehead atoms. The van der Waals surface area contributed by atoms with Crippen LogP contribution < -0.4 is 5.32 Å². The minimum absolute atomic E-state index is 0.0241. The summed E-state index contributed by atoms with van der Waals surface area (Å²) in [5.41, 5.74) is 1.85. The number of amides is 1. The first-order valence-electron chi connectivity index (χ1n) is 7.36. The zero-order valence-corrected chi connectivity index (χ0v) is 13.6. The first-order valence-corrected chi connectivity index (χ1v) is 7.36. The zero-order valence-electron chi connectivity index (χ0n) is 13.6. The van der Waals surface area contributed by atoms with Crippen LogP contribution in [0.1, 0.15) is 36.1 Å². The van der Waals surface area contributed by atoms with Crippen molar-refractivity contribution >= 4 is 12.1 Å². The Labute approximate surface area is 141 Å². The van der Waals surface area contributed by atoms with E-state index in [0.717, 1.165) is 0 Å². The molecule has 0 saturated carbocycles. The molecule has 0 fully saturated rings.